The number of carbonyl (C=O) groups excluding carboxylic acids is 1. The number of carbonyl (C=O) groups is 1. The summed E-state index contributed by atoms with van der Waals surface area (Å²) in [7, 11) is 0. The van der Waals surface area contributed by atoms with Crippen molar-refractivity contribution in [1.82, 2.24) is 9.78 Å². The number of anilines is 1. The highest BCUT2D eigenvalue weighted by atomic mass is 35.5. The second-order valence-electron chi connectivity index (χ2n) is 5.39. The molecule has 1 aromatic heterocycles. The number of benzene rings is 2. The number of amides is 1. The van der Waals surface area contributed by atoms with E-state index in [1.54, 1.807) is 10.9 Å². The molecule has 0 aliphatic heterocycles. The third-order valence-corrected chi connectivity index (χ3v) is 4.16. The summed E-state index contributed by atoms with van der Waals surface area (Å²) in [6.45, 7) is 2.62. The van der Waals surface area contributed by atoms with Gasteiger partial charge in [-0.2, -0.15) is 5.10 Å². The number of fused-ring (bicyclic) bond motifs is 1. The summed E-state index contributed by atoms with van der Waals surface area (Å²) in [6.07, 6.45) is 3.08. The van der Waals surface area contributed by atoms with Crippen LogP contribution in [0.5, 0.6) is 0 Å². The fraction of sp³-hybridized carbons (Fsp3) is 0.222. The molecule has 5 heteroatoms. The summed E-state index contributed by atoms with van der Waals surface area (Å²) in [5.74, 6) is -0.0278. The predicted octanol–water partition coefficient (Wildman–Crippen LogP) is 4.28. The molecule has 1 N–H and O–H groups in total. The second-order valence-corrected chi connectivity index (χ2v) is 5.80. The van der Waals surface area contributed by atoms with E-state index < -0.39 is 0 Å². The Morgan fingerprint density at radius 1 is 1.22 bits per heavy atom. The van der Waals surface area contributed by atoms with E-state index in [0.29, 0.717) is 18.0 Å². The first-order valence-corrected chi connectivity index (χ1v) is 8.04. The van der Waals surface area contributed by atoms with Gasteiger partial charge in [0.25, 0.3) is 0 Å². The first kappa shape index (κ1) is 15.6. The molecule has 118 valence electrons. The van der Waals surface area contributed by atoms with E-state index in [4.69, 9.17) is 11.6 Å². The molecule has 0 aliphatic rings. The van der Waals surface area contributed by atoms with Crippen LogP contribution >= 0.6 is 11.6 Å². The highest BCUT2D eigenvalue weighted by Gasteiger charge is 2.08. The summed E-state index contributed by atoms with van der Waals surface area (Å²) in [5, 5.41) is 8.80. The number of aryl methyl sites for hydroxylation is 2. The molecule has 0 radical (unpaired) electrons. The molecule has 2 aromatic carbocycles. The minimum Gasteiger partial charge on any atom is -0.326 e. The SMILES string of the molecule is CCc1ccc(NC(=O)CCn2ncc3c(Cl)cccc32)cc1. The van der Waals surface area contributed by atoms with Gasteiger partial charge in [-0.05, 0) is 36.2 Å². The van der Waals surface area contributed by atoms with E-state index in [2.05, 4.69) is 17.3 Å². The molecule has 1 amide bonds. The van der Waals surface area contributed by atoms with Crippen molar-refractivity contribution in [2.45, 2.75) is 26.3 Å². The van der Waals surface area contributed by atoms with E-state index in [9.17, 15) is 4.79 Å². The molecule has 1 heterocycles. The van der Waals surface area contributed by atoms with Crippen LogP contribution in [0.4, 0.5) is 5.69 Å². The molecule has 3 aromatic rings. The Hall–Kier alpha value is -2.33. The Bertz CT molecular complexity index is 824. The smallest absolute Gasteiger partial charge is 0.226 e. The van der Waals surface area contributed by atoms with Crippen molar-refractivity contribution < 1.29 is 4.79 Å². The fourth-order valence-corrected chi connectivity index (χ4v) is 2.72. The summed E-state index contributed by atoms with van der Waals surface area (Å²) < 4.78 is 1.81. The molecular weight excluding hydrogens is 310 g/mol. The molecule has 23 heavy (non-hydrogen) atoms. The number of nitrogens with one attached hydrogen (secondary N) is 1. The van der Waals surface area contributed by atoms with Crippen LogP contribution in [0.15, 0.2) is 48.7 Å². The molecule has 0 saturated carbocycles. The quantitative estimate of drug-likeness (QED) is 0.760. The first-order chi connectivity index (χ1) is 11.2. The van der Waals surface area contributed by atoms with E-state index in [1.807, 2.05) is 42.5 Å². The zero-order valence-corrected chi connectivity index (χ0v) is 13.7. The van der Waals surface area contributed by atoms with Crippen LogP contribution in [-0.4, -0.2) is 15.7 Å². The van der Waals surface area contributed by atoms with Gasteiger partial charge in [0.05, 0.1) is 23.3 Å². The first-order valence-electron chi connectivity index (χ1n) is 7.66. The van der Waals surface area contributed by atoms with Crippen molar-refractivity contribution >= 4 is 34.1 Å². The Morgan fingerprint density at radius 3 is 2.74 bits per heavy atom. The van der Waals surface area contributed by atoms with Crippen molar-refractivity contribution in [3.63, 3.8) is 0 Å². The molecule has 0 bridgehead atoms. The van der Waals surface area contributed by atoms with Crippen LogP contribution in [0, 0.1) is 0 Å². The number of halogens is 1. The maximum Gasteiger partial charge on any atom is 0.226 e. The molecule has 0 spiro atoms. The zero-order valence-electron chi connectivity index (χ0n) is 12.9. The van der Waals surface area contributed by atoms with Crippen molar-refractivity contribution in [3.05, 3.63) is 59.2 Å². The molecule has 0 unspecified atom stereocenters. The third kappa shape index (κ3) is 3.54. The van der Waals surface area contributed by atoms with Crippen molar-refractivity contribution in [2.24, 2.45) is 0 Å². The lowest BCUT2D eigenvalue weighted by atomic mass is 10.1. The van der Waals surface area contributed by atoms with E-state index in [1.165, 1.54) is 5.56 Å². The fourth-order valence-electron chi connectivity index (χ4n) is 2.50. The average molecular weight is 328 g/mol. The number of rotatable bonds is 5. The van der Waals surface area contributed by atoms with Crippen molar-refractivity contribution in [2.75, 3.05) is 5.32 Å². The van der Waals surface area contributed by atoms with Crippen LogP contribution in [-0.2, 0) is 17.8 Å². The van der Waals surface area contributed by atoms with Crippen LogP contribution in [0.2, 0.25) is 5.02 Å². The van der Waals surface area contributed by atoms with Gasteiger partial charge in [-0.25, -0.2) is 0 Å². The van der Waals surface area contributed by atoms with Crippen LogP contribution in [0.3, 0.4) is 0 Å². The molecule has 3 rings (SSSR count). The maximum absolute atomic E-state index is 12.1. The summed E-state index contributed by atoms with van der Waals surface area (Å²) >= 11 is 6.13. The van der Waals surface area contributed by atoms with Gasteiger partial charge in [-0.1, -0.05) is 36.7 Å². The molecule has 4 nitrogen and oxygen atoms in total. The zero-order chi connectivity index (χ0) is 16.2. The number of hydrogen-bond acceptors (Lipinski definition) is 2. The third-order valence-electron chi connectivity index (χ3n) is 3.83. The Kier molecular flexibility index (Phi) is 4.63. The maximum atomic E-state index is 12.1. The Balaban J connectivity index is 1.62. The highest BCUT2D eigenvalue weighted by Crippen LogP contribution is 2.22. The summed E-state index contributed by atoms with van der Waals surface area (Å²) in [5.41, 5.74) is 3.01. The topological polar surface area (TPSA) is 46.9 Å². The van der Waals surface area contributed by atoms with E-state index in [-0.39, 0.29) is 5.91 Å². The molecular formula is C18H18ClN3O. The normalized spacial score (nSPS) is 10.9. The molecule has 0 fully saturated rings. The molecule has 0 atom stereocenters. The second kappa shape index (κ2) is 6.84. The number of hydrogen-bond donors (Lipinski definition) is 1. The van der Waals surface area contributed by atoms with Gasteiger partial charge in [0.2, 0.25) is 5.91 Å². The monoisotopic (exact) mass is 327 g/mol. The van der Waals surface area contributed by atoms with Crippen LogP contribution < -0.4 is 5.32 Å². The van der Waals surface area contributed by atoms with Gasteiger partial charge in [-0.3, -0.25) is 9.48 Å². The lowest BCUT2D eigenvalue weighted by Crippen LogP contribution is -2.15. The minimum atomic E-state index is -0.0278. The number of aromatic nitrogens is 2. The van der Waals surface area contributed by atoms with Crippen molar-refractivity contribution in [3.8, 4) is 0 Å². The average Bonchev–Trinajstić information content (AvgIpc) is 2.98. The summed E-state index contributed by atoms with van der Waals surface area (Å²) in [4.78, 5) is 12.1. The summed E-state index contributed by atoms with van der Waals surface area (Å²) in [6, 6.07) is 13.6. The largest absolute Gasteiger partial charge is 0.326 e. The Labute approximate surface area is 140 Å². The number of nitrogens with zero attached hydrogens (tertiary/aromatic N) is 2. The van der Waals surface area contributed by atoms with Crippen LogP contribution in [0.25, 0.3) is 10.9 Å². The standard InChI is InChI=1S/C18H18ClN3O/c1-2-13-6-8-14(9-7-13)21-18(23)10-11-22-17-5-3-4-16(19)15(17)12-20-22/h3-9,12H,2,10-11H2,1H3,(H,21,23). The van der Waals surface area contributed by atoms with Gasteiger partial charge in [0, 0.05) is 17.5 Å². The van der Waals surface area contributed by atoms with Gasteiger partial charge < -0.3 is 5.32 Å². The van der Waals surface area contributed by atoms with E-state index in [0.717, 1.165) is 23.0 Å². The van der Waals surface area contributed by atoms with Gasteiger partial charge >= 0.3 is 0 Å². The lowest BCUT2D eigenvalue weighted by molar-refractivity contribution is -0.116. The van der Waals surface area contributed by atoms with Gasteiger partial charge in [0.1, 0.15) is 0 Å². The lowest BCUT2D eigenvalue weighted by Gasteiger charge is -2.07. The highest BCUT2D eigenvalue weighted by molar-refractivity contribution is 6.35. The van der Waals surface area contributed by atoms with E-state index >= 15 is 0 Å². The molecule has 0 saturated heterocycles. The van der Waals surface area contributed by atoms with Gasteiger partial charge in [-0.15, -0.1) is 0 Å². The predicted molar refractivity (Wildman–Crippen MR) is 93.8 cm³/mol. The van der Waals surface area contributed by atoms with Crippen LogP contribution in [0.1, 0.15) is 18.9 Å². The Morgan fingerprint density at radius 2 is 2.00 bits per heavy atom. The van der Waals surface area contributed by atoms with Gasteiger partial charge in [0.15, 0.2) is 0 Å². The van der Waals surface area contributed by atoms with Crippen molar-refractivity contribution in [1.29, 1.82) is 0 Å². The molecule has 0 aliphatic carbocycles. The minimum absolute atomic E-state index is 0.0278.